The molecule has 1 saturated heterocycles. The lowest BCUT2D eigenvalue weighted by Crippen LogP contribution is -2.46. The number of imidazole rings is 1. The molecule has 0 bridgehead atoms. The average Bonchev–Trinajstić information content (AvgIpc) is 3.14. The summed E-state index contributed by atoms with van der Waals surface area (Å²) >= 11 is 0. The number of morpholine rings is 1. The van der Waals surface area contributed by atoms with Crippen LogP contribution in [-0.2, 0) is 11.8 Å². The number of hydrogen-bond acceptors (Lipinski definition) is 7. The number of nitrogens with zero attached hydrogens (tertiary/aromatic N) is 5. The zero-order valence-electron chi connectivity index (χ0n) is 14.1. The van der Waals surface area contributed by atoms with Crippen molar-refractivity contribution in [2.45, 2.75) is 31.9 Å². The summed E-state index contributed by atoms with van der Waals surface area (Å²) in [6, 6.07) is 0.575. The Morgan fingerprint density at radius 3 is 2.87 bits per heavy atom. The monoisotopic (exact) mass is 320 g/mol. The normalized spacial score (nSPS) is 22.7. The lowest BCUT2D eigenvalue weighted by atomic mass is 10.0. The standard InChI is InChI=1S/C15H24N6O2/c1-10(2)14-18-15(23-19-14)17-8-12-13(20(3)5-6-22-12)11-7-16-9-21(11)4/h7,9-10,12-13H,5-6,8H2,1-4H3,(H,17,18,19)/t12-,13-/m0/s1. The van der Waals surface area contributed by atoms with Crippen molar-refractivity contribution in [1.82, 2.24) is 24.6 Å². The molecule has 0 aromatic carbocycles. The van der Waals surface area contributed by atoms with Gasteiger partial charge in [0, 0.05) is 32.3 Å². The molecule has 23 heavy (non-hydrogen) atoms. The van der Waals surface area contributed by atoms with E-state index < -0.39 is 0 Å². The van der Waals surface area contributed by atoms with Crippen molar-refractivity contribution in [3.8, 4) is 0 Å². The maximum absolute atomic E-state index is 5.98. The number of likely N-dealkylation sites (N-methyl/N-ethyl adjacent to an activating group) is 1. The van der Waals surface area contributed by atoms with Crippen molar-refractivity contribution in [3.63, 3.8) is 0 Å². The molecule has 1 aliphatic heterocycles. The molecule has 2 aromatic rings. The van der Waals surface area contributed by atoms with E-state index in [1.54, 1.807) is 0 Å². The zero-order valence-corrected chi connectivity index (χ0v) is 14.1. The zero-order chi connectivity index (χ0) is 16.4. The van der Waals surface area contributed by atoms with E-state index in [0.29, 0.717) is 25.0 Å². The second kappa shape index (κ2) is 6.67. The Morgan fingerprint density at radius 1 is 1.39 bits per heavy atom. The number of aromatic nitrogens is 4. The number of rotatable bonds is 5. The Hall–Kier alpha value is -1.93. The summed E-state index contributed by atoms with van der Waals surface area (Å²) in [5.41, 5.74) is 1.13. The van der Waals surface area contributed by atoms with E-state index in [1.807, 2.05) is 38.0 Å². The summed E-state index contributed by atoms with van der Waals surface area (Å²) in [7, 11) is 4.11. The van der Waals surface area contributed by atoms with Crippen LogP contribution in [0.1, 0.15) is 37.3 Å². The van der Waals surface area contributed by atoms with Gasteiger partial charge in [0.1, 0.15) is 0 Å². The first-order valence-electron chi connectivity index (χ1n) is 7.91. The summed E-state index contributed by atoms with van der Waals surface area (Å²) in [5, 5.41) is 7.16. The number of aryl methyl sites for hydroxylation is 1. The van der Waals surface area contributed by atoms with Gasteiger partial charge in [0.05, 0.1) is 30.8 Å². The molecule has 2 aromatic heterocycles. The number of hydrogen-bond donors (Lipinski definition) is 1. The van der Waals surface area contributed by atoms with Crippen LogP contribution >= 0.6 is 0 Å². The third-order valence-corrected chi connectivity index (χ3v) is 4.17. The molecule has 0 radical (unpaired) electrons. The van der Waals surface area contributed by atoms with Crippen LogP contribution in [0, 0.1) is 0 Å². The summed E-state index contributed by atoms with van der Waals surface area (Å²) < 4.78 is 13.2. The third kappa shape index (κ3) is 3.37. The first kappa shape index (κ1) is 15.9. The molecule has 0 amide bonds. The van der Waals surface area contributed by atoms with Gasteiger partial charge in [0.25, 0.3) is 0 Å². The minimum absolute atomic E-state index is 0.0152. The van der Waals surface area contributed by atoms with Crippen molar-refractivity contribution in [3.05, 3.63) is 24.0 Å². The van der Waals surface area contributed by atoms with Crippen LogP contribution in [0.3, 0.4) is 0 Å². The molecule has 3 rings (SSSR count). The summed E-state index contributed by atoms with van der Waals surface area (Å²) in [5.74, 6) is 0.950. The Balaban J connectivity index is 1.70. The van der Waals surface area contributed by atoms with Gasteiger partial charge in [-0.05, 0) is 7.05 Å². The van der Waals surface area contributed by atoms with Gasteiger partial charge in [0.15, 0.2) is 5.82 Å². The average molecular weight is 320 g/mol. The largest absolute Gasteiger partial charge is 0.373 e. The quantitative estimate of drug-likeness (QED) is 0.892. The fourth-order valence-electron chi connectivity index (χ4n) is 2.83. The van der Waals surface area contributed by atoms with Crippen LogP contribution in [0.15, 0.2) is 17.0 Å². The number of ether oxygens (including phenoxy) is 1. The highest BCUT2D eigenvalue weighted by Gasteiger charge is 2.33. The van der Waals surface area contributed by atoms with Gasteiger partial charge in [-0.1, -0.05) is 19.0 Å². The van der Waals surface area contributed by atoms with Crippen molar-refractivity contribution < 1.29 is 9.26 Å². The van der Waals surface area contributed by atoms with E-state index in [4.69, 9.17) is 9.26 Å². The molecule has 1 N–H and O–H groups in total. The molecule has 2 atom stereocenters. The predicted octanol–water partition coefficient (Wildman–Crippen LogP) is 1.41. The summed E-state index contributed by atoms with van der Waals surface area (Å²) in [6.45, 7) is 6.27. The first-order valence-corrected chi connectivity index (χ1v) is 7.91. The smallest absolute Gasteiger partial charge is 0.321 e. The molecule has 126 valence electrons. The molecule has 3 heterocycles. The SMILES string of the molecule is CC(C)c1noc(NC[C@@H]2OCCN(C)[C@H]2c2cncn2C)n1. The maximum Gasteiger partial charge on any atom is 0.321 e. The van der Waals surface area contributed by atoms with Crippen LogP contribution in [0.5, 0.6) is 0 Å². The van der Waals surface area contributed by atoms with E-state index in [0.717, 1.165) is 12.2 Å². The molecule has 0 aliphatic carbocycles. The molecule has 8 heteroatoms. The second-order valence-corrected chi connectivity index (χ2v) is 6.26. The molecule has 1 fully saturated rings. The minimum atomic E-state index is -0.0152. The molecule has 0 saturated carbocycles. The highest BCUT2D eigenvalue weighted by molar-refractivity contribution is 5.20. The van der Waals surface area contributed by atoms with Gasteiger partial charge in [-0.3, -0.25) is 4.90 Å². The van der Waals surface area contributed by atoms with Crippen LogP contribution in [-0.4, -0.2) is 57.4 Å². The lowest BCUT2D eigenvalue weighted by Gasteiger charge is -2.39. The second-order valence-electron chi connectivity index (χ2n) is 6.26. The van der Waals surface area contributed by atoms with Gasteiger partial charge in [-0.15, -0.1) is 0 Å². The Labute approximate surface area is 135 Å². The van der Waals surface area contributed by atoms with Gasteiger partial charge >= 0.3 is 6.01 Å². The predicted molar refractivity (Wildman–Crippen MR) is 85.2 cm³/mol. The van der Waals surface area contributed by atoms with E-state index in [9.17, 15) is 0 Å². The van der Waals surface area contributed by atoms with Gasteiger partial charge < -0.3 is 19.1 Å². The molecule has 0 spiro atoms. The Kier molecular flexibility index (Phi) is 4.63. The van der Waals surface area contributed by atoms with Crippen LogP contribution in [0.25, 0.3) is 0 Å². The van der Waals surface area contributed by atoms with Crippen molar-refractivity contribution in [1.29, 1.82) is 0 Å². The third-order valence-electron chi connectivity index (χ3n) is 4.17. The summed E-state index contributed by atoms with van der Waals surface area (Å²) in [4.78, 5) is 10.9. The fraction of sp³-hybridized carbons (Fsp3) is 0.667. The van der Waals surface area contributed by atoms with E-state index in [2.05, 4.69) is 32.4 Å². The maximum atomic E-state index is 5.98. The van der Waals surface area contributed by atoms with Crippen molar-refractivity contribution >= 4 is 6.01 Å². The van der Waals surface area contributed by atoms with Gasteiger partial charge in [-0.25, -0.2) is 4.98 Å². The fourth-order valence-corrected chi connectivity index (χ4v) is 2.83. The lowest BCUT2D eigenvalue weighted by molar-refractivity contribution is -0.0580. The van der Waals surface area contributed by atoms with Crippen LogP contribution in [0.2, 0.25) is 0 Å². The summed E-state index contributed by atoms with van der Waals surface area (Å²) in [6.07, 6.45) is 3.69. The van der Waals surface area contributed by atoms with E-state index in [1.165, 1.54) is 0 Å². The number of nitrogens with one attached hydrogen (secondary N) is 1. The molecule has 8 nitrogen and oxygen atoms in total. The van der Waals surface area contributed by atoms with E-state index in [-0.39, 0.29) is 18.1 Å². The van der Waals surface area contributed by atoms with Crippen LogP contribution < -0.4 is 5.32 Å². The highest BCUT2D eigenvalue weighted by atomic mass is 16.5. The molecule has 0 unspecified atom stereocenters. The highest BCUT2D eigenvalue weighted by Crippen LogP contribution is 2.28. The van der Waals surface area contributed by atoms with Crippen molar-refractivity contribution in [2.24, 2.45) is 7.05 Å². The van der Waals surface area contributed by atoms with Gasteiger partial charge in [-0.2, -0.15) is 4.98 Å². The molecular weight excluding hydrogens is 296 g/mol. The van der Waals surface area contributed by atoms with Crippen LogP contribution in [0.4, 0.5) is 6.01 Å². The topological polar surface area (TPSA) is 81.2 Å². The Morgan fingerprint density at radius 2 is 2.22 bits per heavy atom. The molecule has 1 aliphatic rings. The molecular formula is C15H24N6O2. The van der Waals surface area contributed by atoms with E-state index >= 15 is 0 Å². The minimum Gasteiger partial charge on any atom is -0.373 e. The Bertz CT molecular complexity index is 637. The number of anilines is 1. The van der Waals surface area contributed by atoms with Crippen molar-refractivity contribution in [2.75, 3.05) is 32.1 Å². The first-order chi connectivity index (χ1) is 11.1. The van der Waals surface area contributed by atoms with Gasteiger partial charge in [0.2, 0.25) is 0 Å².